The zero-order valence-electron chi connectivity index (χ0n) is 23.4. The minimum Gasteiger partial charge on any atom is -0.265 e. The third kappa shape index (κ3) is 5.49. The van der Waals surface area contributed by atoms with Crippen molar-refractivity contribution in [1.82, 2.24) is 19.9 Å². The van der Waals surface area contributed by atoms with Gasteiger partial charge in [-0.15, -0.1) is 0 Å². The number of hydrogen-bond donors (Lipinski definition) is 0. The summed E-state index contributed by atoms with van der Waals surface area (Å²) in [6.07, 6.45) is 13.8. The first kappa shape index (κ1) is 27.0. The molecule has 0 spiro atoms. The van der Waals surface area contributed by atoms with E-state index in [9.17, 15) is 0 Å². The van der Waals surface area contributed by atoms with Crippen molar-refractivity contribution in [2.24, 2.45) is 0 Å². The van der Waals surface area contributed by atoms with E-state index >= 15 is 8.78 Å². The zero-order chi connectivity index (χ0) is 29.9. The van der Waals surface area contributed by atoms with Crippen LogP contribution in [0.4, 0.5) is 8.78 Å². The van der Waals surface area contributed by atoms with Crippen molar-refractivity contribution in [1.29, 1.82) is 0 Å². The number of pyridine rings is 4. The van der Waals surface area contributed by atoms with Crippen LogP contribution < -0.4 is 0 Å². The van der Waals surface area contributed by atoms with Crippen molar-refractivity contribution in [3.63, 3.8) is 0 Å². The molecule has 0 atom stereocenters. The summed E-state index contributed by atoms with van der Waals surface area (Å²) in [5.41, 5.74) is 9.16. The largest absolute Gasteiger partial charge is 0.265 e. The Labute approximate surface area is 253 Å². The van der Waals surface area contributed by atoms with Gasteiger partial charge < -0.3 is 0 Å². The van der Waals surface area contributed by atoms with E-state index in [4.69, 9.17) is 0 Å². The van der Waals surface area contributed by atoms with Gasteiger partial charge >= 0.3 is 0 Å². The van der Waals surface area contributed by atoms with E-state index < -0.39 is 11.6 Å². The van der Waals surface area contributed by atoms with Crippen LogP contribution in [0.1, 0.15) is 0 Å². The van der Waals surface area contributed by atoms with Crippen molar-refractivity contribution < 1.29 is 8.78 Å². The fourth-order valence-corrected chi connectivity index (χ4v) is 5.40. The van der Waals surface area contributed by atoms with Gasteiger partial charge in [-0.25, -0.2) is 8.78 Å². The average Bonchev–Trinajstić information content (AvgIpc) is 3.09. The summed E-state index contributed by atoms with van der Waals surface area (Å²) in [5, 5.41) is 0. The first-order valence-electron chi connectivity index (χ1n) is 14.0. The van der Waals surface area contributed by atoms with Crippen molar-refractivity contribution in [2.45, 2.75) is 0 Å². The highest BCUT2D eigenvalue weighted by Crippen LogP contribution is 2.39. The maximum atomic E-state index is 15.7. The summed E-state index contributed by atoms with van der Waals surface area (Å²) in [7, 11) is 0. The van der Waals surface area contributed by atoms with E-state index in [1.54, 1.807) is 55.6 Å². The first-order chi connectivity index (χ1) is 21.6. The van der Waals surface area contributed by atoms with E-state index in [0.29, 0.717) is 22.3 Å². The van der Waals surface area contributed by atoms with Crippen molar-refractivity contribution in [2.75, 3.05) is 0 Å². The Bertz CT molecular complexity index is 1810. The minimum atomic E-state index is -0.640. The number of benzene rings is 3. The summed E-state index contributed by atoms with van der Waals surface area (Å²) in [6, 6.07) is 29.7. The smallest absolute Gasteiger partial charge is 0.133 e. The number of hydrogen-bond acceptors (Lipinski definition) is 4. The molecule has 0 saturated carbocycles. The minimum absolute atomic E-state index is 0.299. The van der Waals surface area contributed by atoms with Gasteiger partial charge in [-0.1, -0.05) is 0 Å². The highest BCUT2D eigenvalue weighted by molar-refractivity contribution is 5.85. The summed E-state index contributed by atoms with van der Waals surface area (Å²) < 4.78 is 31.4. The molecule has 6 heteroatoms. The molecule has 0 saturated heterocycles. The molecule has 4 aromatic heterocycles. The molecule has 7 aromatic rings. The molecule has 4 heterocycles. The van der Waals surface area contributed by atoms with Gasteiger partial charge in [0.2, 0.25) is 0 Å². The second kappa shape index (κ2) is 11.8. The Kier molecular flexibility index (Phi) is 7.22. The summed E-state index contributed by atoms with van der Waals surface area (Å²) in [5.74, 6) is -1.28. The number of halogens is 2. The highest BCUT2D eigenvalue weighted by Gasteiger charge is 2.17. The van der Waals surface area contributed by atoms with Gasteiger partial charge in [0.1, 0.15) is 11.6 Å². The summed E-state index contributed by atoms with van der Waals surface area (Å²) >= 11 is 0. The molecule has 7 rings (SSSR count). The molecule has 0 amide bonds. The topological polar surface area (TPSA) is 51.6 Å². The van der Waals surface area contributed by atoms with Crippen LogP contribution in [-0.2, 0) is 0 Å². The Hall–Kier alpha value is -5.88. The molecular formula is C38H24F2N4. The lowest BCUT2D eigenvalue weighted by Crippen LogP contribution is -1.94. The number of nitrogens with zero attached hydrogens (tertiary/aromatic N) is 4. The van der Waals surface area contributed by atoms with Gasteiger partial charge in [-0.2, -0.15) is 0 Å². The second-order valence-electron chi connectivity index (χ2n) is 10.4. The van der Waals surface area contributed by atoms with Gasteiger partial charge in [0.15, 0.2) is 0 Å². The molecule has 0 aliphatic carbocycles. The molecule has 0 radical (unpaired) electrons. The summed E-state index contributed by atoms with van der Waals surface area (Å²) in [4.78, 5) is 16.6. The molecule has 0 N–H and O–H groups in total. The molecule has 0 aliphatic rings. The Morgan fingerprint density at radius 3 is 0.795 bits per heavy atom. The van der Waals surface area contributed by atoms with Gasteiger partial charge in [0.05, 0.1) is 0 Å². The van der Waals surface area contributed by atoms with Crippen LogP contribution in [0.3, 0.4) is 0 Å². The van der Waals surface area contributed by atoms with Crippen LogP contribution >= 0.6 is 0 Å². The van der Waals surface area contributed by atoms with E-state index in [1.807, 2.05) is 72.8 Å². The summed E-state index contributed by atoms with van der Waals surface area (Å²) in [6.45, 7) is 0. The Morgan fingerprint density at radius 2 is 0.523 bits per heavy atom. The highest BCUT2D eigenvalue weighted by atomic mass is 19.1. The maximum absolute atomic E-state index is 15.7. The van der Waals surface area contributed by atoms with Crippen LogP contribution in [0, 0.1) is 11.6 Å². The second-order valence-corrected chi connectivity index (χ2v) is 10.4. The molecule has 0 bridgehead atoms. The first-order valence-corrected chi connectivity index (χ1v) is 14.0. The van der Waals surface area contributed by atoms with E-state index in [2.05, 4.69) is 32.1 Å². The Balaban J connectivity index is 1.43. The Morgan fingerprint density at radius 1 is 0.273 bits per heavy atom. The van der Waals surface area contributed by atoms with Gasteiger partial charge in [-0.05, 0) is 147 Å². The maximum Gasteiger partial charge on any atom is 0.133 e. The SMILES string of the molecule is Fc1cc(F)c(-c2cc(-c3ccncc3)cc(-c3ccncc3)c2)cc1-c1cc(-c2ccncc2)cc(-c2ccncc2)c1. The molecule has 0 fully saturated rings. The van der Waals surface area contributed by atoms with E-state index in [1.165, 1.54) is 0 Å². The molecule has 44 heavy (non-hydrogen) atoms. The number of aromatic nitrogens is 4. The molecule has 4 nitrogen and oxygen atoms in total. The standard InChI is InChI=1S/C38H24F2N4/c39-37-24-38(40)36(34-21-31(27-5-13-43-14-6-27)18-32(22-34)28-7-15-44-16-8-28)23-35(37)33-19-29(25-1-9-41-10-2-25)17-30(20-33)26-3-11-42-12-4-26/h1-24H. The lowest BCUT2D eigenvalue weighted by atomic mass is 9.90. The van der Waals surface area contributed by atoms with Crippen LogP contribution in [0.5, 0.6) is 0 Å². The van der Waals surface area contributed by atoms with Gasteiger partial charge in [0.25, 0.3) is 0 Å². The third-order valence-electron chi connectivity index (χ3n) is 7.60. The van der Waals surface area contributed by atoms with Crippen molar-refractivity contribution in [3.05, 3.63) is 158 Å². The predicted octanol–water partition coefficient (Wildman–Crippen LogP) is 9.55. The predicted molar refractivity (Wildman–Crippen MR) is 170 cm³/mol. The molecule has 0 unspecified atom stereocenters. The van der Waals surface area contributed by atoms with E-state index in [-0.39, 0.29) is 0 Å². The van der Waals surface area contributed by atoms with Crippen LogP contribution in [0.25, 0.3) is 66.8 Å². The lowest BCUT2D eigenvalue weighted by Gasteiger charge is -2.15. The normalized spacial score (nSPS) is 11.0. The van der Waals surface area contributed by atoms with Crippen molar-refractivity contribution >= 4 is 0 Å². The van der Waals surface area contributed by atoms with Gasteiger partial charge in [0, 0.05) is 66.8 Å². The monoisotopic (exact) mass is 574 g/mol. The third-order valence-corrected chi connectivity index (χ3v) is 7.60. The van der Waals surface area contributed by atoms with Crippen molar-refractivity contribution in [3.8, 4) is 66.8 Å². The molecule has 210 valence electrons. The fourth-order valence-electron chi connectivity index (χ4n) is 5.40. The molecular weight excluding hydrogens is 550 g/mol. The van der Waals surface area contributed by atoms with E-state index in [0.717, 1.165) is 50.6 Å². The average molecular weight is 575 g/mol. The molecule has 3 aromatic carbocycles. The van der Waals surface area contributed by atoms with Gasteiger partial charge in [-0.3, -0.25) is 19.9 Å². The number of rotatable bonds is 6. The molecule has 0 aliphatic heterocycles. The quantitative estimate of drug-likeness (QED) is 0.198. The van der Waals surface area contributed by atoms with Crippen LogP contribution in [0.2, 0.25) is 0 Å². The fraction of sp³-hybridized carbons (Fsp3) is 0. The zero-order valence-corrected chi connectivity index (χ0v) is 23.4. The van der Waals surface area contributed by atoms with Crippen LogP contribution in [0.15, 0.2) is 147 Å². The van der Waals surface area contributed by atoms with Crippen LogP contribution in [-0.4, -0.2) is 19.9 Å². The lowest BCUT2D eigenvalue weighted by molar-refractivity contribution is 0.588.